The SMILES string of the molecule is O=C(Nc1cccc(-c2onc3ccc(-c4nn[nH]n4)cc23)c1)C1CCCC1. The fourth-order valence-corrected chi connectivity index (χ4v) is 3.74. The average molecular weight is 374 g/mol. The van der Waals surface area contributed by atoms with Crippen molar-refractivity contribution in [2.45, 2.75) is 25.7 Å². The maximum atomic E-state index is 12.4. The second kappa shape index (κ2) is 6.88. The first-order chi connectivity index (χ1) is 13.8. The van der Waals surface area contributed by atoms with E-state index in [1.165, 1.54) is 0 Å². The highest BCUT2D eigenvalue weighted by Crippen LogP contribution is 2.33. The van der Waals surface area contributed by atoms with Crippen LogP contribution < -0.4 is 5.32 Å². The zero-order valence-corrected chi connectivity index (χ0v) is 15.1. The van der Waals surface area contributed by atoms with Crippen molar-refractivity contribution in [1.82, 2.24) is 25.8 Å². The van der Waals surface area contributed by atoms with Gasteiger partial charge >= 0.3 is 0 Å². The van der Waals surface area contributed by atoms with E-state index in [0.717, 1.165) is 53.4 Å². The number of fused-ring (bicyclic) bond motifs is 1. The predicted molar refractivity (Wildman–Crippen MR) is 103 cm³/mol. The summed E-state index contributed by atoms with van der Waals surface area (Å²) in [6.45, 7) is 0. The predicted octanol–water partition coefficient (Wildman–Crippen LogP) is 3.80. The molecule has 1 amide bonds. The van der Waals surface area contributed by atoms with E-state index in [4.69, 9.17) is 4.52 Å². The molecule has 140 valence electrons. The first kappa shape index (κ1) is 16.6. The molecule has 28 heavy (non-hydrogen) atoms. The Bertz CT molecular complexity index is 1130. The highest BCUT2D eigenvalue weighted by molar-refractivity contribution is 5.96. The van der Waals surface area contributed by atoms with Crippen molar-refractivity contribution in [3.05, 3.63) is 42.5 Å². The van der Waals surface area contributed by atoms with Crippen LogP contribution in [0.4, 0.5) is 5.69 Å². The molecule has 1 aliphatic rings. The summed E-state index contributed by atoms with van der Waals surface area (Å²) in [5.74, 6) is 1.35. The smallest absolute Gasteiger partial charge is 0.227 e. The Morgan fingerprint density at radius 3 is 2.82 bits per heavy atom. The third-order valence-electron chi connectivity index (χ3n) is 5.20. The van der Waals surface area contributed by atoms with E-state index in [0.29, 0.717) is 11.6 Å². The number of hydrogen-bond acceptors (Lipinski definition) is 6. The molecule has 2 N–H and O–H groups in total. The van der Waals surface area contributed by atoms with Gasteiger partial charge in [-0.05, 0) is 48.4 Å². The molecular weight excluding hydrogens is 356 g/mol. The number of nitrogens with one attached hydrogen (secondary N) is 2. The lowest BCUT2D eigenvalue weighted by Gasteiger charge is -2.11. The van der Waals surface area contributed by atoms with Crippen molar-refractivity contribution in [1.29, 1.82) is 0 Å². The fourth-order valence-electron chi connectivity index (χ4n) is 3.74. The summed E-state index contributed by atoms with van der Waals surface area (Å²) in [5.41, 5.74) is 3.16. The van der Waals surface area contributed by atoms with E-state index >= 15 is 0 Å². The molecule has 0 saturated heterocycles. The van der Waals surface area contributed by atoms with E-state index in [-0.39, 0.29) is 11.8 Å². The molecule has 1 fully saturated rings. The van der Waals surface area contributed by atoms with Crippen molar-refractivity contribution >= 4 is 22.5 Å². The second-order valence-electron chi connectivity index (χ2n) is 7.03. The van der Waals surface area contributed by atoms with E-state index in [9.17, 15) is 4.79 Å². The lowest BCUT2D eigenvalue weighted by Crippen LogP contribution is -2.20. The topological polar surface area (TPSA) is 110 Å². The molecule has 0 aliphatic heterocycles. The summed E-state index contributed by atoms with van der Waals surface area (Å²) in [5, 5.41) is 22.1. The summed E-state index contributed by atoms with van der Waals surface area (Å²) < 4.78 is 5.61. The molecule has 0 atom stereocenters. The molecule has 1 saturated carbocycles. The molecule has 0 unspecified atom stereocenters. The van der Waals surface area contributed by atoms with E-state index < -0.39 is 0 Å². The Morgan fingerprint density at radius 1 is 1.11 bits per heavy atom. The van der Waals surface area contributed by atoms with Gasteiger partial charge in [-0.15, -0.1) is 10.2 Å². The molecule has 0 radical (unpaired) electrons. The minimum absolute atomic E-state index is 0.0940. The molecule has 2 aromatic heterocycles. The van der Waals surface area contributed by atoms with Crippen LogP contribution in [0.5, 0.6) is 0 Å². The molecule has 1 aliphatic carbocycles. The van der Waals surface area contributed by atoms with Gasteiger partial charge < -0.3 is 9.84 Å². The van der Waals surface area contributed by atoms with Gasteiger partial charge in [-0.1, -0.05) is 30.1 Å². The van der Waals surface area contributed by atoms with Gasteiger partial charge in [0, 0.05) is 22.7 Å². The lowest BCUT2D eigenvalue weighted by molar-refractivity contribution is -0.119. The van der Waals surface area contributed by atoms with Crippen molar-refractivity contribution < 1.29 is 9.32 Å². The van der Waals surface area contributed by atoms with Crippen molar-refractivity contribution in [2.75, 3.05) is 5.32 Å². The standard InChI is InChI=1S/C20H18N6O2/c27-20(12-4-1-2-5-12)21-15-7-3-6-13(10-15)18-16-11-14(19-22-25-26-23-19)8-9-17(16)24-28-18/h3,6-12H,1-2,4-5H2,(H,21,27)(H,22,23,25,26). The number of aromatic amines is 1. The zero-order valence-electron chi connectivity index (χ0n) is 15.1. The average Bonchev–Trinajstić information content (AvgIpc) is 3.49. The summed E-state index contributed by atoms with van der Waals surface area (Å²) >= 11 is 0. The number of carbonyl (C=O) groups excluding carboxylic acids is 1. The Morgan fingerprint density at radius 2 is 2.00 bits per heavy atom. The largest absolute Gasteiger partial charge is 0.355 e. The molecule has 2 aromatic carbocycles. The van der Waals surface area contributed by atoms with Gasteiger partial charge in [0.05, 0.1) is 5.39 Å². The van der Waals surface area contributed by atoms with Gasteiger partial charge in [-0.2, -0.15) is 5.21 Å². The maximum absolute atomic E-state index is 12.4. The van der Waals surface area contributed by atoms with E-state index in [1.807, 2.05) is 42.5 Å². The van der Waals surface area contributed by atoms with Crippen LogP contribution in [-0.4, -0.2) is 31.7 Å². The molecule has 4 aromatic rings. The number of nitrogens with zero attached hydrogens (tertiary/aromatic N) is 4. The van der Waals surface area contributed by atoms with Gasteiger partial charge in [0.1, 0.15) is 5.52 Å². The van der Waals surface area contributed by atoms with Gasteiger partial charge in [0.25, 0.3) is 0 Å². The number of hydrogen-bond donors (Lipinski definition) is 2. The first-order valence-corrected chi connectivity index (χ1v) is 9.32. The third-order valence-corrected chi connectivity index (χ3v) is 5.20. The Hall–Kier alpha value is -3.55. The lowest BCUT2D eigenvalue weighted by atomic mass is 10.0. The molecule has 0 spiro atoms. The number of aromatic nitrogens is 5. The summed E-state index contributed by atoms with van der Waals surface area (Å²) in [7, 11) is 0. The zero-order chi connectivity index (χ0) is 18.9. The molecule has 0 bridgehead atoms. The highest BCUT2D eigenvalue weighted by atomic mass is 16.5. The Kier molecular flexibility index (Phi) is 4.08. The molecular formula is C20H18N6O2. The number of H-pyrrole nitrogens is 1. The summed E-state index contributed by atoms with van der Waals surface area (Å²) in [6, 6.07) is 13.3. The molecule has 5 rings (SSSR count). The first-order valence-electron chi connectivity index (χ1n) is 9.32. The van der Waals surface area contributed by atoms with Crippen LogP contribution in [-0.2, 0) is 4.79 Å². The number of anilines is 1. The van der Waals surface area contributed by atoms with Crippen LogP contribution in [0.3, 0.4) is 0 Å². The number of benzene rings is 2. The summed E-state index contributed by atoms with van der Waals surface area (Å²) in [4.78, 5) is 12.4. The minimum atomic E-state index is 0.0940. The van der Waals surface area contributed by atoms with Crippen LogP contribution in [0.15, 0.2) is 47.0 Å². The van der Waals surface area contributed by atoms with Crippen molar-refractivity contribution in [2.24, 2.45) is 5.92 Å². The van der Waals surface area contributed by atoms with Crippen LogP contribution >= 0.6 is 0 Å². The number of amides is 1. The maximum Gasteiger partial charge on any atom is 0.227 e. The van der Waals surface area contributed by atoms with Crippen molar-refractivity contribution in [3.63, 3.8) is 0 Å². The number of carbonyl (C=O) groups is 1. The van der Waals surface area contributed by atoms with Gasteiger partial charge in [-0.3, -0.25) is 4.79 Å². The number of rotatable bonds is 4. The molecule has 2 heterocycles. The van der Waals surface area contributed by atoms with Crippen LogP contribution in [0, 0.1) is 5.92 Å². The van der Waals surface area contributed by atoms with Gasteiger partial charge in [0.15, 0.2) is 5.76 Å². The highest BCUT2D eigenvalue weighted by Gasteiger charge is 2.23. The summed E-state index contributed by atoms with van der Waals surface area (Å²) in [6.07, 6.45) is 4.20. The molecule has 8 heteroatoms. The monoisotopic (exact) mass is 374 g/mol. The Labute approximate surface area is 160 Å². The van der Waals surface area contributed by atoms with Crippen LogP contribution in [0.2, 0.25) is 0 Å². The number of tetrazole rings is 1. The third kappa shape index (κ3) is 3.02. The van der Waals surface area contributed by atoms with Gasteiger partial charge in [-0.25, -0.2) is 0 Å². The van der Waals surface area contributed by atoms with Crippen LogP contribution in [0.1, 0.15) is 25.7 Å². The van der Waals surface area contributed by atoms with E-state index in [2.05, 4.69) is 31.1 Å². The molecule has 8 nitrogen and oxygen atoms in total. The van der Waals surface area contributed by atoms with Crippen LogP contribution in [0.25, 0.3) is 33.6 Å². The quantitative estimate of drug-likeness (QED) is 0.562. The second-order valence-corrected chi connectivity index (χ2v) is 7.03. The Balaban J connectivity index is 1.48. The fraction of sp³-hybridized carbons (Fsp3) is 0.250. The van der Waals surface area contributed by atoms with Crippen molar-refractivity contribution in [3.8, 4) is 22.7 Å². The van der Waals surface area contributed by atoms with Gasteiger partial charge in [0.2, 0.25) is 11.7 Å². The minimum Gasteiger partial charge on any atom is -0.355 e. The normalized spacial score (nSPS) is 14.6. The van der Waals surface area contributed by atoms with E-state index in [1.54, 1.807) is 0 Å².